The Kier molecular flexibility index (Phi) is 17.5. The molecule has 0 aliphatic heterocycles. The Morgan fingerprint density at radius 1 is 0.427 bits per heavy atom. The maximum absolute atomic E-state index is 12.1. The van der Waals surface area contributed by atoms with Gasteiger partial charge in [0.25, 0.3) is 11.5 Å². The molecule has 0 fully saturated rings. The smallest absolute Gasteiger partial charge is 0.262 e. The zero-order valence-corrected chi connectivity index (χ0v) is 45.9. The summed E-state index contributed by atoms with van der Waals surface area (Å²) in [6, 6.07) is 68.8. The number of aliphatic hydroxyl groups is 2. The van der Waals surface area contributed by atoms with Crippen LogP contribution in [0.15, 0.2) is 200 Å². The van der Waals surface area contributed by atoms with Gasteiger partial charge in [-0.15, -0.1) is 24.5 Å². The molecule has 4 N–H and O–H groups in total. The first-order valence-corrected chi connectivity index (χ1v) is 24.9. The van der Waals surface area contributed by atoms with E-state index < -0.39 is 0 Å². The molecule has 2 aliphatic carbocycles. The maximum atomic E-state index is 12.1. The first kappa shape index (κ1) is 52.8. The molecule has 11 rings (SSSR count). The number of unbranched alkanes of at least 4 members (excludes halogenated alkanes) is 1. The molecule has 0 radical (unpaired) electrons. The van der Waals surface area contributed by atoms with E-state index in [-0.39, 0.29) is 37.7 Å². The Balaban J connectivity index is 0.000000437. The standard InChI is InChI=1S/C56H46O4.C7H7.C7H3.Hf/c1-35-31-47(55(57)49(33-35)53-43-23-7-3-17-37(43)38-18-4-8-24-44(38)53)41-21-11-13-27-51(41)59-29-15-16-30-60-52-28-14-12-22-42(52)48-32-36(2)34-50(56(48)58)54-45-25-9-5-19-39(45)40-20-6-10-26-46(40)54;1-7-5-3-2-4-6-7;1-3-5-7-6-4-2;/h3-14,17-28,31-34,53-54,57-58H,15-16,29-30H2,1-2H3;2-6H,1H2;1H,2H2;/q;2*-1;/p+2. The summed E-state index contributed by atoms with van der Waals surface area (Å²) < 4.78 is 10.2. The van der Waals surface area contributed by atoms with Crippen molar-refractivity contribution in [1.29, 1.82) is 0 Å². The summed E-state index contributed by atoms with van der Waals surface area (Å²) in [7, 11) is 0. The Labute approximate surface area is 461 Å². The summed E-state index contributed by atoms with van der Waals surface area (Å²) in [6.07, 6.45) is 6.48. The number of aryl methyl sites for hydroxylation is 2. The van der Waals surface area contributed by atoms with Crippen LogP contribution in [-0.4, -0.2) is 32.9 Å². The van der Waals surface area contributed by atoms with Gasteiger partial charge in [0.1, 0.15) is 11.5 Å². The van der Waals surface area contributed by atoms with E-state index in [0.29, 0.717) is 24.7 Å². The fraction of sp³-hybridized carbons (Fsp3) is 0.114. The Bertz CT molecular complexity index is 3350. The van der Waals surface area contributed by atoms with Crippen molar-refractivity contribution >= 4 is 0 Å². The van der Waals surface area contributed by atoms with E-state index in [2.05, 4.69) is 191 Å². The third-order valence-electron chi connectivity index (χ3n) is 13.5. The van der Waals surface area contributed by atoms with Gasteiger partial charge in [0.05, 0.1) is 11.1 Å². The average molecular weight is 1140 g/mol. The van der Waals surface area contributed by atoms with Gasteiger partial charge in [-0.05, 0) is 106 Å². The predicted molar refractivity (Wildman–Crippen MR) is 305 cm³/mol. The van der Waals surface area contributed by atoms with Gasteiger partial charge in [0, 0.05) is 84.9 Å². The van der Waals surface area contributed by atoms with E-state index in [1.165, 1.54) is 44.5 Å². The van der Waals surface area contributed by atoms with Crippen molar-refractivity contribution in [2.75, 3.05) is 13.2 Å². The molecule has 0 bridgehead atoms. The van der Waals surface area contributed by atoms with Gasteiger partial charge in [-0.25, -0.2) is 5.92 Å². The van der Waals surface area contributed by atoms with E-state index in [1.807, 2.05) is 66.7 Å². The fourth-order valence-electron chi connectivity index (χ4n) is 10.3. The van der Waals surface area contributed by atoms with Crippen molar-refractivity contribution in [2.45, 2.75) is 38.5 Å². The molecule has 0 heterocycles. The number of fused-ring (bicyclic) bond motifs is 6. The number of benzene rings is 9. The molecule has 9 aromatic rings. The second-order valence-electron chi connectivity index (χ2n) is 18.4. The van der Waals surface area contributed by atoms with E-state index >= 15 is 0 Å². The van der Waals surface area contributed by atoms with Crippen molar-refractivity contribution in [1.82, 2.24) is 0 Å². The van der Waals surface area contributed by atoms with Crippen LogP contribution in [0.25, 0.3) is 44.5 Å². The number of aromatic hydroxyl groups is 4. The minimum absolute atomic E-state index is 0. The molecule has 0 atom stereocenters. The van der Waals surface area contributed by atoms with Crippen LogP contribution in [0.2, 0.25) is 0 Å². The van der Waals surface area contributed by atoms with Gasteiger partial charge in [-0.2, -0.15) is 31.5 Å². The van der Waals surface area contributed by atoms with Crippen LogP contribution >= 0.6 is 0 Å². The van der Waals surface area contributed by atoms with E-state index in [4.69, 9.17) is 15.9 Å². The summed E-state index contributed by atoms with van der Waals surface area (Å²) in [4.78, 5) is 0. The first-order valence-electron chi connectivity index (χ1n) is 24.9. The van der Waals surface area contributed by atoms with Crippen LogP contribution in [0.4, 0.5) is 0 Å². The summed E-state index contributed by atoms with van der Waals surface area (Å²) in [6.45, 7) is 12.4. The second kappa shape index (κ2) is 24.9. The van der Waals surface area contributed by atoms with Crippen molar-refractivity contribution in [3.8, 4) is 104 Å². The van der Waals surface area contributed by atoms with Crippen molar-refractivity contribution in [3.05, 3.63) is 264 Å². The van der Waals surface area contributed by atoms with Gasteiger partial charge in [0.2, 0.25) is 0 Å². The average Bonchev–Trinajstić information content (AvgIpc) is 3.95. The molecule has 0 aromatic heterocycles. The predicted octanol–water partition coefficient (Wildman–Crippen LogP) is 15.7. The van der Waals surface area contributed by atoms with Gasteiger partial charge in [-0.3, -0.25) is 5.92 Å². The largest absolute Gasteiger partial charge is 0.582 e. The fourth-order valence-corrected chi connectivity index (χ4v) is 10.3. The molecular weight excluding hydrogens is 1080 g/mol. The van der Waals surface area contributed by atoms with Crippen LogP contribution in [-0.2, 0) is 25.8 Å². The van der Waals surface area contributed by atoms with Crippen molar-refractivity contribution in [3.63, 3.8) is 0 Å². The van der Waals surface area contributed by atoms with Crippen LogP contribution in [0.1, 0.15) is 74.7 Å². The Morgan fingerprint density at radius 3 is 1.12 bits per heavy atom. The number of rotatable bonds is 11. The number of phenolic OH excluding ortho intramolecular Hbond substituents is 2. The molecule has 0 spiro atoms. The topological polar surface area (TPSA) is 66.1 Å². The third kappa shape index (κ3) is 11.6. The molecule has 366 valence electrons. The number of hydrogen-bond acceptors (Lipinski definition) is 2. The molecule has 75 heavy (non-hydrogen) atoms. The molecule has 0 amide bonds. The zero-order valence-electron chi connectivity index (χ0n) is 42.3. The molecule has 9 aromatic carbocycles. The normalized spacial score (nSPS) is 11.3. The van der Waals surface area contributed by atoms with Crippen molar-refractivity contribution < 1.29 is 45.5 Å². The van der Waals surface area contributed by atoms with Crippen LogP contribution in [0.3, 0.4) is 0 Å². The van der Waals surface area contributed by atoms with Gasteiger partial charge >= 0.3 is 0 Å². The maximum Gasteiger partial charge on any atom is 0.262 e. The van der Waals surface area contributed by atoms with E-state index in [0.717, 1.165) is 74.4 Å². The number of para-hydroxylation sites is 2. The van der Waals surface area contributed by atoms with Crippen molar-refractivity contribution in [2.24, 2.45) is 0 Å². The molecule has 0 saturated heterocycles. The zero-order chi connectivity index (χ0) is 51.4. The quantitative estimate of drug-likeness (QED) is 0.0446. The molecular formula is C70H58HfO4. The molecule has 0 saturated carbocycles. The summed E-state index contributed by atoms with van der Waals surface area (Å²) in [5.74, 6) is 13.8. The summed E-state index contributed by atoms with van der Waals surface area (Å²) in [5.41, 5.74) is 18.4. The molecule has 4 nitrogen and oxygen atoms in total. The number of ether oxygens (including phenoxy) is 2. The summed E-state index contributed by atoms with van der Waals surface area (Å²) in [5, 5.41) is 24.1. The monoisotopic (exact) mass is 1140 g/mol. The van der Waals surface area contributed by atoms with E-state index in [9.17, 15) is 10.2 Å². The Morgan fingerprint density at radius 2 is 0.773 bits per heavy atom. The Hall–Kier alpha value is -8.53. The molecule has 2 aliphatic rings. The van der Waals surface area contributed by atoms with E-state index in [1.54, 1.807) is 0 Å². The van der Waals surface area contributed by atoms with Gasteiger partial charge in [-0.1, -0.05) is 140 Å². The molecule has 0 unspecified atom stereocenters. The second-order valence-corrected chi connectivity index (χ2v) is 18.4. The number of phenols is 2. The van der Waals surface area contributed by atoms with Gasteiger partial charge in [0.15, 0.2) is 13.2 Å². The minimum atomic E-state index is -0.0479. The van der Waals surface area contributed by atoms with Gasteiger partial charge < -0.3 is 19.7 Å². The van der Waals surface area contributed by atoms with Crippen LogP contribution in [0, 0.1) is 63.7 Å². The van der Waals surface area contributed by atoms with Crippen LogP contribution < -0.4 is 0 Å². The SMILES string of the molecule is C#CC#CC#C[CH2-].Cc1cc(-c2ccccc2[OH+]CCCC[OH+]c2ccccc2-c2cc(C)cc(C3c4ccccc4-c4ccccc43)c2O)c(O)c(C2c3ccccc3-c3ccccc32)c1.[CH2-]c1ccccc1.[Hf]. The number of hydrogen-bond donors (Lipinski definition) is 2. The minimum Gasteiger partial charge on any atom is -0.582 e. The summed E-state index contributed by atoms with van der Waals surface area (Å²) >= 11 is 0. The number of terminal acetylenes is 1. The first-order chi connectivity index (χ1) is 36.3. The molecule has 5 heteroatoms. The third-order valence-corrected chi connectivity index (χ3v) is 13.5. The van der Waals surface area contributed by atoms with Crippen LogP contribution in [0.5, 0.6) is 23.0 Å².